The molecule has 2 aromatic heterocycles. The van der Waals surface area contributed by atoms with Gasteiger partial charge in [-0.1, -0.05) is 17.7 Å². The van der Waals surface area contributed by atoms with Crippen LogP contribution in [0.2, 0.25) is 0 Å². The fourth-order valence-electron chi connectivity index (χ4n) is 6.67. The zero-order valence-corrected chi connectivity index (χ0v) is 17.7. The van der Waals surface area contributed by atoms with Gasteiger partial charge in [-0.25, -0.2) is 4.98 Å². The fourth-order valence-corrected chi connectivity index (χ4v) is 7.54. The Hall–Kier alpha value is -1.32. The highest BCUT2D eigenvalue weighted by Gasteiger charge is 2.52. The van der Waals surface area contributed by atoms with E-state index in [9.17, 15) is 0 Å². The second-order valence-corrected chi connectivity index (χ2v) is 10.3. The summed E-state index contributed by atoms with van der Waals surface area (Å²) in [7, 11) is 0. The predicted molar refractivity (Wildman–Crippen MR) is 115 cm³/mol. The van der Waals surface area contributed by atoms with Gasteiger partial charge in [-0.3, -0.25) is 4.40 Å². The van der Waals surface area contributed by atoms with Crippen LogP contribution in [0.25, 0.3) is 16.2 Å². The lowest BCUT2D eigenvalue weighted by molar-refractivity contribution is -0.00696. The number of hydrogen-bond acceptors (Lipinski definition) is 2. The van der Waals surface area contributed by atoms with Gasteiger partial charge in [-0.15, -0.1) is 23.7 Å². The maximum Gasteiger partial charge on any atom is 0.194 e. The van der Waals surface area contributed by atoms with E-state index in [1.54, 1.807) is 11.3 Å². The Morgan fingerprint density at radius 2 is 1.70 bits per heavy atom. The maximum atomic E-state index is 5.18. The molecule has 142 valence electrons. The number of aryl methyl sites for hydroxylation is 2. The van der Waals surface area contributed by atoms with Crippen molar-refractivity contribution in [2.75, 3.05) is 0 Å². The lowest BCUT2D eigenvalue weighted by Gasteiger charge is -2.56. The summed E-state index contributed by atoms with van der Waals surface area (Å²) < 4.78 is 2.38. The van der Waals surface area contributed by atoms with Crippen molar-refractivity contribution in [2.45, 2.75) is 57.8 Å². The molecular formula is C23H27ClN2S. The first-order valence-electron chi connectivity index (χ1n) is 10.1. The predicted octanol–water partition coefficient (Wildman–Crippen LogP) is 6.57. The van der Waals surface area contributed by atoms with E-state index >= 15 is 0 Å². The Morgan fingerprint density at radius 3 is 2.37 bits per heavy atom. The highest BCUT2D eigenvalue weighted by atomic mass is 35.5. The summed E-state index contributed by atoms with van der Waals surface area (Å²) in [6.45, 7) is 4.40. The molecule has 2 heterocycles. The first-order valence-corrected chi connectivity index (χ1v) is 11.0. The number of rotatable bonds is 2. The summed E-state index contributed by atoms with van der Waals surface area (Å²) in [6.07, 6.45) is 11.1. The first-order chi connectivity index (χ1) is 12.6. The van der Waals surface area contributed by atoms with Crippen molar-refractivity contribution in [2.24, 2.45) is 17.8 Å². The van der Waals surface area contributed by atoms with Gasteiger partial charge < -0.3 is 0 Å². The molecule has 2 nitrogen and oxygen atoms in total. The second kappa shape index (κ2) is 6.09. The summed E-state index contributed by atoms with van der Waals surface area (Å²) in [5, 5.41) is 2.29. The SMILES string of the molecule is Cc1ccc(C)c(-c2csc3nc(C45CC6CC(CC(C6)C4)C5)cn23)c1.Cl. The molecule has 4 aliphatic carbocycles. The Kier molecular flexibility index (Phi) is 4.00. The number of nitrogens with zero attached hydrogens (tertiary/aromatic N) is 2. The van der Waals surface area contributed by atoms with Crippen LogP contribution >= 0.6 is 23.7 Å². The van der Waals surface area contributed by atoms with Gasteiger partial charge in [-0.05, 0) is 81.8 Å². The van der Waals surface area contributed by atoms with E-state index in [1.807, 2.05) is 0 Å². The van der Waals surface area contributed by atoms with Crippen molar-refractivity contribution in [1.82, 2.24) is 9.38 Å². The number of thiazole rings is 1. The van der Waals surface area contributed by atoms with E-state index in [1.165, 1.54) is 71.6 Å². The summed E-state index contributed by atoms with van der Waals surface area (Å²) in [5.41, 5.74) is 7.13. The number of fused-ring (bicyclic) bond motifs is 1. The molecule has 4 bridgehead atoms. The first kappa shape index (κ1) is 17.8. The molecule has 0 saturated heterocycles. The Labute approximate surface area is 171 Å². The van der Waals surface area contributed by atoms with Gasteiger partial charge in [0, 0.05) is 22.6 Å². The monoisotopic (exact) mass is 398 g/mol. The van der Waals surface area contributed by atoms with Gasteiger partial charge >= 0.3 is 0 Å². The van der Waals surface area contributed by atoms with Crippen molar-refractivity contribution in [3.05, 3.63) is 46.6 Å². The molecule has 0 unspecified atom stereocenters. The Balaban J connectivity index is 0.00000160. The van der Waals surface area contributed by atoms with Gasteiger partial charge in [0.15, 0.2) is 4.96 Å². The zero-order chi connectivity index (χ0) is 17.5. The Morgan fingerprint density at radius 1 is 1.04 bits per heavy atom. The lowest BCUT2D eigenvalue weighted by atomic mass is 9.49. The van der Waals surface area contributed by atoms with Crippen LogP contribution in [-0.4, -0.2) is 9.38 Å². The molecule has 0 aliphatic heterocycles. The van der Waals surface area contributed by atoms with Gasteiger partial charge in [0.1, 0.15) is 0 Å². The summed E-state index contributed by atoms with van der Waals surface area (Å²) in [4.78, 5) is 6.36. The van der Waals surface area contributed by atoms with E-state index in [-0.39, 0.29) is 12.4 Å². The summed E-state index contributed by atoms with van der Waals surface area (Å²) >= 11 is 1.80. The molecule has 0 radical (unpaired) electrons. The van der Waals surface area contributed by atoms with E-state index in [0.29, 0.717) is 5.41 Å². The lowest BCUT2D eigenvalue weighted by Crippen LogP contribution is -2.48. The van der Waals surface area contributed by atoms with Crippen LogP contribution in [0.1, 0.15) is 55.3 Å². The van der Waals surface area contributed by atoms with Crippen LogP contribution < -0.4 is 0 Å². The van der Waals surface area contributed by atoms with E-state index in [0.717, 1.165) is 17.8 Å². The quantitative estimate of drug-likeness (QED) is 0.477. The van der Waals surface area contributed by atoms with Gasteiger partial charge in [0.25, 0.3) is 0 Å². The minimum absolute atomic E-state index is 0. The second-order valence-electron chi connectivity index (χ2n) is 9.42. The molecule has 7 rings (SSSR count). The molecule has 4 fully saturated rings. The molecule has 1 aromatic carbocycles. The molecule has 0 atom stereocenters. The number of hydrogen-bond donors (Lipinski definition) is 0. The highest BCUT2D eigenvalue weighted by molar-refractivity contribution is 7.15. The third kappa shape index (κ3) is 2.61. The molecule has 4 heteroatoms. The maximum absolute atomic E-state index is 5.18. The number of aromatic nitrogens is 2. The van der Waals surface area contributed by atoms with E-state index in [2.05, 4.69) is 48.0 Å². The van der Waals surface area contributed by atoms with Crippen LogP contribution in [0, 0.1) is 31.6 Å². The molecule has 0 amide bonds. The van der Waals surface area contributed by atoms with Crippen LogP contribution in [0.5, 0.6) is 0 Å². The molecular weight excluding hydrogens is 372 g/mol. The average molecular weight is 399 g/mol. The van der Waals surface area contributed by atoms with Gasteiger partial charge in [0.05, 0.1) is 11.4 Å². The van der Waals surface area contributed by atoms with Gasteiger partial charge in [0.2, 0.25) is 0 Å². The van der Waals surface area contributed by atoms with Crippen molar-refractivity contribution < 1.29 is 0 Å². The largest absolute Gasteiger partial charge is 0.290 e. The van der Waals surface area contributed by atoms with Gasteiger partial charge in [-0.2, -0.15) is 0 Å². The molecule has 4 aliphatic rings. The van der Waals surface area contributed by atoms with Crippen LogP contribution in [-0.2, 0) is 5.41 Å². The molecule has 4 saturated carbocycles. The molecule has 27 heavy (non-hydrogen) atoms. The van der Waals surface area contributed by atoms with Crippen LogP contribution in [0.15, 0.2) is 29.8 Å². The molecule has 0 N–H and O–H groups in total. The minimum Gasteiger partial charge on any atom is -0.290 e. The number of benzene rings is 1. The smallest absolute Gasteiger partial charge is 0.194 e. The van der Waals surface area contributed by atoms with Crippen molar-refractivity contribution >= 4 is 28.7 Å². The van der Waals surface area contributed by atoms with Crippen molar-refractivity contribution in [3.8, 4) is 11.3 Å². The minimum atomic E-state index is 0. The fraction of sp³-hybridized carbons (Fsp3) is 0.522. The topological polar surface area (TPSA) is 17.3 Å². The van der Waals surface area contributed by atoms with Crippen molar-refractivity contribution in [3.63, 3.8) is 0 Å². The summed E-state index contributed by atoms with van der Waals surface area (Å²) in [5.74, 6) is 2.92. The Bertz CT molecular complexity index is 979. The third-order valence-electron chi connectivity index (χ3n) is 7.46. The van der Waals surface area contributed by atoms with Crippen molar-refractivity contribution in [1.29, 1.82) is 0 Å². The standard InChI is InChI=1S/C23H26N2S.ClH/c1-14-3-4-15(2)19(5-14)20-13-26-22-24-21(12-25(20)22)23-9-16-6-17(10-23)8-18(7-16)11-23;/h3-5,12-13,16-18H,6-11H2,1-2H3;1H. The van der Waals surface area contributed by atoms with E-state index in [4.69, 9.17) is 4.98 Å². The average Bonchev–Trinajstić information content (AvgIpc) is 3.17. The number of imidazole rings is 1. The third-order valence-corrected chi connectivity index (χ3v) is 8.30. The highest BCUT2D eigenvalue weighted by Crippen LogP contribution is 2.60. The molecule has 3 aromatic rings. The normalized spacial score (nSPS) is 31.4. The van der Waals surface area contributed by atoms with E-state index < -0.39 is 0 Å². The van der Waals surface area contributed by atoms with Crippen LogP contribution in [0.3, 0.4) is 0 Å². The zero-order valence-electron chi connectivity index (χ0n) is 16.1. The molecule has 0 spiro atoms. The number of halogens is 1. The van der Waals surface area contributed by atoms with Crippen LogP contribution in [0.4, 0.5) is 0 Å². The summed E-state index contributed by atoms with van der Waals surface area (Å²) in [6, 6.07) is 6.77.